The van der Waals surface area contributed by atoms with E-state index in [2.05, 4.69) is 15.1 Å². The standard InChI is InChI=1S/C23H40N4O8S/c1-4-26(15-17(2)28)11-12-27(16-18(3)29)10-9-24-14-19-5-7-20(8-6-19)36(34,35)25-21(23(32)33)13-22(30)31/h5-8,17-18,21,24-25,28-29H,4,9-16H2,1-3H3,(H,30,31)(H,32,33)/t17-,18-,21?/m0/s1. The fourth-order valence-corrected chi connectivity index (χ4v) is 4.76. The molecule has 0 saturated heterocycles. The SMILES string of the molecule is CCN(CCN(CCNCc1ccc(S(=O)(=O)NC(CC(=O)O)C(=O)O)cc1)C[C@H](C)O)C[C@H](C)O. The number of benzene rings is 1. The van der Waals surface area contributed by atoms with Gasteiger partial charge >= 0.3 is 11.9 Å². The van der Waals surface area contributed by atoms with Gasteiger partial charge in [0, 0.05) is 45.8 Å². The highest BCUT2D eigenvalue weighted by molar-refractivity contribution is 7.89. The summed E-state index contributed by atoms with van der Waals surface area (Å²) in [4.78, 5) is 26.1. The van der Waals surface area contributed by atoms with Crippen molar-refractivity contribution in [2.45, 2.75) is 56.9 Å². The zero-order valence-corrected chi connectivity index (χ0v) is 21.9. The van der Waals surface area contributed by atoms with Gasteiger partial charge in [0.25, 0.3) is 0 Å². The van der Waals surface area contributed by atoms with Crippen molar-refractivity contribution >= 4 is 22.0 Å². The summed E-state index contributed by atoms with van der Waals surface area (Å²) in [6.07, 6.45) is -1.76. The Hall–Kier alpha value is -2.13. The summed E-state index contributed by atoms with van der Waals surface area (Å²) < 4.78 is 26.8. The first kappa shape index (κ1) is 31.9. The van der Waals surface area contributed by atoms with E-state index in [0.717, 1.165) is 25.2 Å². The Morgan fingerprint density at radius 3 is 2.00 bits per heavy atom. The van der Waals surface area contributed by atoms with E-state index in [-0.39, 0.29) is 4.90 Å². The Morgan fingerprint density at radius 2 is 1.50 bits per heavy atom. The molecule has 12 nitrogen and oxygen atoms in total. The van der Waals surface area contributed by atoms with E-state index in [1.807, 2.05) is 11.6 Å². The molecule has 0 saturated carbocycles. The molecule has 3 atom stereocenters. The van der Waals surface area contributed by atoms with Gasteiger partial charge in [0.05, 0.1) is 23.5 Å². The molecule has 0 heterocycles. The van der Waals surface area contributed by atoms with Crippen molar-refractivity contribution in [1.82, 2.24) is 19.8 Å². The van der Waals surface area contributed by atoms with Crippen LogP contribution in [0.3, 0.4) is 0 Å². The highest BCUT2D eigenvalue weighted by Gasteiger charge is 2.27. The third kappa shape index (κ3) is 12.7. The van der Waals surface area contributed by atoms with Crippen molar-refractivity contribution in [2.24, 2.45) is 0 Å². The second kappa shape index (κ2) is 15.9. The minimum Gasteiger partial charge on any atom is -0.481 e. The lowest BCUT2D eigenvalue weighted by atomic mass is 10.2. The Balaban J connectivity index is 2.61. The molecule has 1 aromatic rings. The molecule has 0 bridgehead atoms. The molecule has 13 heteroatoms. The van der Waals surface area contributed by atoms with Crippen LogP contribution in [0, 0.1) is 0 Å². The molecule has 0 aromatic heterocycles. The van der Waals surface area contributed by atoms with Crippen LogP contribution in [0.4, 0.5) is 0 Å². The van der Waals surface area contributed by atoms with E-state index in [0.29, 0.717) is 32.7 Å². The van der Waals surface area contributed by atoms with Gasteiger partial charge in [0.1, 0.15) is 6.04 Å². The molecule has 0 spiro atoms. The van der Waals surface area contributed by atoms with Crippen LogP contribution in [0.1, 0.15) is 32.8 Å². The predicted molar refractivity (Wildman–Crippen MR) is 134 cm³/mol. The summed E-state index contributed by atoms with van der Waals surface area (Å²) in [7, 11) is -4.20. The zero-order valence-electron chi connectivity index (χ0n) is 21.1. The summed E-state index contributed by atoms with van der Waals surface area (Å²) in [5, 5.41) is 40.6. The molecule has 0 radical (unpaired) electrons. The molecule has 0 aliphatic rings. The topological polar surface area (TPSA) is 180 Å². The van der Waals surface area contributed by atoms with Gasteiger partial charge in [-0.2, -0.15) is 4.72 Å². The molecule has 1 rings (SSSR count). The largest absolute Gasteiger partial charge is 0.481 e. The van der Waals surface area contributed by atoms with E-state index >= 15 is 0 Å². The van der Waals surface area contributed by atoms with Gasteiger partial charge in [-0.25, -0.2) is 8.42 Å². The summed E-state index contributed by atoms with van der Waals surface area (Å²) in [6, 6.07) is 4.09. The van der Waals surface area contributed by atoms with Crippen molar-refractivity contribution in [2.75, 3.05) is 45.8 Å². The lowest BCUT2D eigenvalue weighted by Gasteiger charge is -2.28. The Kier molecular flexibility index (Phi) is 14.1. The molecular formula is C23H40N4O8S. The van der Waals surface area contributed by atoms with Crippen molar-refractivity contribution in [3.8, 4) is 0 Å². The second-order valence-electron chi connectivity index (χ2n) is 8.82. The van der Waals surface area contributed by atoms with Crippen molar-refractivity contribution < 1.29 is 38.4 Å². The Morgan fingerprint density at radius 1 is 0.944 bits per heavy atom. The van der Waals surface area contributed by atoms with E-state index < -0.39 is 46.6 Å². The van der Waals surface area contributed by atoms with Crippen molar-refractivity contribution in [3.05, 3.63) is 29.8 Å². The molecule has 0 amide bonds. The van der Waals surface area contributed by atoms with Gasteiger partial charge in [0.2, 0.25) is 10.0 Å². The second-order valence-corrected chi connectivity index (χ2v) is 10.5. The zero-order chi connectivity index (χ0) is 27.3. The maximum absolute atomic E-state index is 12.4. The number of aliphatic carboxylic acids is 2. The molecule has 1 unspecified atom stereocenters. The number of likely N-dealkylation sites (N-methyl/N-ethyl adjacent to an activating group) is 1. The lowest BCUT2D eigenvalue weighted by Crippen LogP contribution is -2.42. The molecule has 0 aliphatic heterocycles. The molecular weight excluding hydrogens is 492 g/mol. The number of sulfonamides is 1. The van der Waals surface area contributed by atoms with Crippen LogP contribution in [-0.2, 0) is 26.2 Å². The molecule has 206 valence electrons. The number of carboxylic acid groups (broad SMARTS) is 2. The highest BCUT2D eigenvalue weighted by Crippen LogP contribution is 2.12. The van der Waals surface area contributed by atoms with Crippen LogP contribution in [0.2, 0.25) is 0 Å². The van der Waals surface area contributed by atoms with Crippen molar-refractivity contribution in [1.29, 1.82) is 0 Å². The van der Waals surface area contributed by atoms with Gasteiger partial charge in [-0.3, -0.25) is 19.4 Å². The number of rotatable bonds is 19. The number of aliphatic hydroxyl groups is 2. The molecule has 36 heavy (non-hydrogen) atoms. The normalized spacial score (nSPS) is 14.6. The maximum atomic E-state index is 12.4. The average molecular weight is 533 g/mol. The average Bonchev–Trinajstić information content (AvgIpc) is 2.77. The third-order valence-electron chi connectivity index (χ3n) is 5.37. The molecule has 0 aliphatic carbocycles. The quantitative estimate of drug-likeness (QED) is 0.125. The molecule has 1 aromatic carbocycles. The fourth-order valence-electron chi connectivity index (χ4n) is 3.57. The van der Waals surface area contributed by atoms with Crippen LogP contribution in [-0.4, -0.2) is 115 Å². The minimum atomic E-state index is -4.20. The third-order valence-corrected chi connectivity index (χ3v) is 6.85. The number of carboxylic acids is 2. The summed E-state index contributed by atoms with van der Waals surface area (Å²) >= 11 is 0. The van der Waals surface area contributed by atoms with Gasteiger partial charge in [-0.15, -0.1) is 0 Å². The summed E-state index contributed by atoms with van der Waals surface area (Å²) in [6.45, 7) is 10.8. The van der Waals surface area contributed by atoms with E-state index in [1.165, 1.54) is 12.1 Å². The number of carbonyl (C=O) groups is 2. The van der Waals surface area contributed by atoms with Crippen LogP contribution in [0.25, 0.3) is 0 Å². The predicted octanol–water partition coefficient (Wildman–Crippen LogP) is -0.632. The minimum absolute atomic E-state index is 0.163. The fraction of sp³-hybridized carbons (Fsp3) is 0.652. The monoisotopic (exact) mass is 532 g/mol. The van der Waals surface area contributed by atoms with Crippen LogP contribution in [0.15, 0.2) is 29.2 Å². The summed E-state index contributed by atoms with van der Waals surface area (Å²) in [5.74, 6) is -3.00. The van der Waals surface area contributed by atoms with E-state index in [1.54, 1.807) is 26.0 Å². The van der Waals surface area contributed by atoms with Gasteiger partial charge in [-0.1, -0.05) is 19.1 Å². The van der Waals surface area contributed by atoms with Gasteiger partial charge < -0.3 is 25.7 Å². The first-order chi connectivity index (χ1) is 16.8. The van der Waals surface area contributed by atoms with E-state index in [9.17, 15) is 28.2 Å². The van der Waals surface area contributed by atoms with Crippen LogP contribution < -0.4 is 10.0 Å². The van der Waals surface area contributed by atoms with Crippen LogP contribution in [0.5, 0.6) is 0 Å². The number of nitrogens with one attached hydrogen (secondary N) is 2. The highest BCUT2D eigenvalue weighted by atomic mass is 32.2. The van der Waals surface area contributed by atoms with Crippen LogP contribution >= 0.6 is 0 Å². The Bertz CT molecular complexity index is 909. The number of aliphatic hydroxyl groups excluding tert-OH is 2. The molecule has 0 fully saturated rings. The maximum Gasteiger partial charge on any atom is 0.322 e. The number of hydrogen-bond acceptors (Lipinski definition) is 9. The Labute approximate surface area is 213 Å². The molecule has 6 N–H and O–H groups in total. The van der Waals surface area contributed by atoms with Gasteiger partial charge in [-0.05, 0) is 38.1 Å². The van der Waals surface area contributed by atoms with Crippen molar-refractivity contribution in [3.63, 3.8) is 0 Å². The summed E-state index contributed by atoms with van der Waals surface area (Å²) in [5.41, 5.74) is 0.811. The van der Waals surface area contributed by atoms with Gasteiger partial charge in [0.15, 0.2) is 0 Å². The first-order valence-electron chi connectivity index (χ1n) is 11.9. The number of hydrogen-bond donors (Lipinski definition) is 6. The number of nitrogens with zero attached hydrogens (tertiary/aromatic N) is 2. The smallest absolute Gasteiger partial charge is 0.322 e. The first-order valence-corrected chi connectivity index (χ1v) is 13.4. The van der Waals surface area contributed by atoms with E-state index in [4.69, 9.17) is 10.2 Å². The lowest BCUT2D eigenvalue weighted by molar-refractivity contribution is -0.145.